The van der Waals surface area contributed by atoms with Crippen molar-refractivity contribution in [3.8, 4) is 0 Å². The van der Waals surface area contributed by atoms with Crippen LogP contribution in [0.5, 0.6) is 0 Å². The Morgan fingerprint density at radius 1 is 1.36 bits per heavy atom. The lowest BCUT2D eigenvalue weighted by Crippen LogP contribution is -2.49. The van der Waals surface area contributed by atoms with E-state index < -0.39 is 5.97 Å². The maximum atomic E-state index is 10.8. The smallest absolute Gasteiger partial charge is 0.328 e. The van der Waals surface area contributed by atoms with Gasteiger partial charge in [0.25, 0.3) is 0 Å². The average molecular weight is 304 g/mol. The second-order valence-electron chi connectivity index (χ2n) is 8.52. The van der Waals surface area contributed by atoms with Crippen molar-refractivity contribution < 1.29 is 9.90 Å². The first-order valence-corrected chi connectivity index (χ1v) is 8.74. The summed E-state index contributed by atoms with van der Waals surface area (Å²) in [7, 11) is 0. The minimum Gasteiger partial charge on any atom is -0.478 e. The van der Waals surface area contributed by atoms with Gasteiger partial charge < -0.3 is 5.11 Å². The number of carbonyl (C=O) groups is 1. The van der Waals surface area contributed by atoms with Crippen LogP contribution in [-0.2, 0) is 4.79 Å². The van der Waals surface area contributed by atoms with E-state index in [-0.39, 0.29) is 0 Å². The van der Waals surface area contributed by atoms with Gasteiger partial charge in [0, 0.05) is 6.08 Å². The van der Waals surface area contributed by atoms with E-state index in [1.54, 1.807) is 0 Å². The molecule has 2 nitrogen and oxygen atoms in total. The molecule has 0 amide bonds. The van der Waals surface area contributed by atoms with Crippen molar-refractivity contribution in [2.24, 2.45) is 22.7 Å². The molecule has 2 aliphatic rings. The molecule has 2 fully saturated rings. The lowest BCUT2D eigenvalue weighted by molar-refractivity contribution is -0.131. The fourth-order valence-electron chi connectivity index (χ4n) is 5.46. The van der Waals surface area contributed by atoms with Gasteiger partial charge in [-0.1, -0.05) is 44.9 Å². The molecule has 1 N–H and O–H groups in total. The standard InChI is InChI=1S/C20H32O2/c1-14(13-18(21)22)7-9-16-15(2)8-10-17-19(3,4)11-6-12-20(16,17)5/h13,16-17H,2,6-12H2,1,3-5H3,(H,21,22). The molecule has 2 rings (SSSR count). The SMILES string of the molecule is C=C1CCC2C(C)(C)CCCC2(C)C1CCC(C)=CC(=O)O. The van der Waals surface area contributed by atoms with Crippen molar-refractivity contribution in [1.82, 2.24) is 0 Å². The molecule has 0 aliphatic heterocycles. The Labute approximate surface area is 135 Å². The average Bonchev–Trinajstić information content (AvgIpc) is 2.35. The van der Waals surface area contributed by atoms with Crippen LogP contribution >= 0.6 is 0 Å². The van der Waals surface area contributed by atoms with Gasteiger partial charge in [-0.15, -0.1) is 0 Å². The van der Waals surface area contributed by atoms with Crippen molar-refractivity contribution in [2.45, 2.75) is 72.6 Å². The van der Waals surface area contributed by atoms with Gasteiger partial charge >= 0.3 is 5.97 Å². The third-order valence-electron chi connectivity index (χ3n) is 6.52. The topological polar surface area (TPSA) is 37.3 Å². The molecular weight excluding hydrogens is 272 g/mol. The van der Waals surface area contributed by atoms with Crippen molar-refractivity contribution in [1.29, 1.82) is 0 Å². The van der Waals surface area contributed by atoms with Crippen molar-refractivity contribution in [3.05, 3.63) is 23.8 Å². The largest absolute Gasteiger partial charge is 0.478 e. The van der Waals surface area contributed by atoms with Gasteiger partial charge in [-0.2, -0.15) is 0 Å². The summed E-state index contributed by atoms with van der Waals surface area (Å²) < 4.78 is 0. The minimum absolute atomic E-state index is 0.348. The van der Waals surface area contributed by atoms with Crippen LogP contribution in [0.1, 0.15) is 72.6 Å². The maximum Gasteiger partial charge on any atom is 0.328 e. The maximum absolute atomic E-state index is 10.8. The molecular formula is C20H32O2. The lowest BCUT2D eigenvalue weighted by Gasteiger charge is -2.58. The zero-order valence-corrected chi connectivity index (χ0v) is 14.7. The van der Waals surface area contributed by atoms with Crippen molar-refractivity contribution >= 4 is 5.97 Å². The zero-order chi connectivity index (χ0) is 16.5. The van der Waals surface area contributed by atoms with Crippen molar-refractivity contribution in [2.75, 3.05) is 0 Å². The highest BCUT2D eigenvalue weighted by Gasteiger charge is 2.52. The number of aliphatic carboxylic acids is 1. The van der Waals surface area contributed by atoms with Crippen molar-refractivity contribution in [3.63, 3.8) is 0 Å². The molecule has 3 unspecified atom stereocenters. The fraction of sp³-hybridized carbons (Fsp3) is 0.750. The van der Waals surface area contributed by atoms with Gasteiger partial charge in [-0.25, -0.2) is 4.79 Å². The van der Waals surface area contributed by atoms with E-state index in [9.17, 15) is 4.79 Å². The molecule has 2 heteroatoms. The number of allylic oxidation sites excluding steroid dienone is 2. The molecule has 0 aromatic rings. The molecule has 124 valence electrons. The van der Waals surface area contributed by atoms with E-state index in [0.29, 0.717) is 16.7 Å². The summed E-state index contributed by atoms with van der Waals surface area (Å²) in [6.45, 7) is 13.7. The summed E-state index contributed by atoms with van der Waals surface area (Å²) in [6, 6.07) is 0. The third-order valence-corrected chi connectivity index (χ3v) is 6.52. The van der Waals surface area contributed by atoms with E-state index >= 15 is 0 Å². The normalized spacial score (nSPS) is 35.1. The Kier molecular flexibility index (Phi) is 4.89. The summed E-state index contributed by atoms with van der Waals surface area (Å²) >= 11 is 0. The van der Waals surface area contributed by atoms with Gasteiger partial charge in [0.1, 0.15) is 0 Å². The highest BCUT2D eigenvalue weighted by Crippen LogP contribution is 2.61. The summed E-state index contributed by atoms with van der Waals surface area (Å²) in [6.07, 6.45) is 9.66. The van der Waals surface area contributed by atoms with Gasteiger partial charge in [0.15, 0.2) is 0 Å². The van der Waals surface area contributed by atoms with E-state index in [1.807, 2.05) is 6.92 Å². The molecule has 0 bridgehead atoms. The van der Waals surface area contributed by atoms with Crippen LogP contribution in [0.2, 0.25) is 0 Å². The molecule has 22 heavy (non-hydrogen) atoms. The highest BCUT2D eigenvalue weighted by molar-refractivity contribution is 5.80. The Morgan fingerprint density at radius 2 is 2.05 bits per heavy atom. The summed E-state index contributed by atoms with van der Waals surface area (Å²) in [5.41, 5.74) is 3.15. The molecule has 2 aliphatic carbocycles. The quantitative estimate of drug-likeness (QED) is 0.542. The zero-order valence-electron chi connectivity index (χ0n) is 14.7. The Bertz CT molecular complexity index is 486. The van der Waals surface area contributed by atoms with E-state index in [4.69, 9.17) is 5.11 Å². The predicted molar refractivity (Wildman–Crippen MR) is 91.7 cm³/mol. The van der Waals surface area contributed by atoms with Crippen LogP contribution < -0.4 is 0 Å². The molecule has 2 saturated carbocycles. The van der Waals surface area contributed by atoms with Crippen LogP contribution in [0, 0.1) is 22.7 Å². The molecule has 0 aromatic carbocycles. The Hall–Kier alpha value is -1.05. The molecule has 0 radical (unpaired) electrons. The first-order valence-electron chi connectivity index (χ1n) is 8.74. The Balaban J connectivity index is 2.17. The first kappa shape index (κ1) is 17.3. The predicted octanol–water partition coefficient (Wildman–Crippen LogP) is 5.60. The molecule has 0 spiro atoms. The van der Waals surface area contributed by atoms with Gasteiger partial charge in [-0.05, 0) is 68.1 Å². The minimum atomic E-state index is -0.831. The summed E-state index contributed by atoms with van der Waals surface area (Å²) in [5.74, 6) is 0.485. The highest BCUT2D eigenvalue weighted by atomic mass is 16.4. The Morgan fingerprint density at radius 3 is 2.68 bits per heavy atom. The van der Waals surface area contributed by atoms with Crippen LogP contribution in [0.15, 0.2) is 23.8 Å². The monoisotopic (exact) mass is 304 g/mol. The van der Waals surface area contributed by atoms with E-state index in [1.165, 1.54) is 37.3 Å². The van der Waals surface area contributed by atoms with Gasteiger partial charge in [-0.3, -0.25) is 0 Å². The lowest BCUT2D eigenvalue weighted by atomic mass is 9.47. The summed E-state index contributed by atoms with van der Waals surface area (Å²) in [4.78, 5) is 10.8. The molecule has 3 atom stereocenters. The first-order chi connectivity index (χ1) is 10.2. The number of hydrogen-bond donors (Lipinski definition) is 1. The number of rotatable bonds is 4. The third kappa shape index (κ3) is 3.31. The number of carboxylic acids is 1. The second kappa shape index (κ2) is 6.22. The van der Waals surface area contributed by atoms with Gasteiger partial charge in [0.2, 0.25) is 0 Å². The van der Waals surface area contributed by atoms with E-state index in [0.717, 1.165) is 30.8 Å². The summed E-state index contributed by atoms with van der Waals surface area (Å²) in [5, 5.41) is 8.89. The van der Waals surface area contributed by atoms with Crippen LogP contribution in [-0.4, -0.2) is 11.1 Å². The number of carboxylic acid groups (broad SMARTS) is 1. The number of hydrogen-bond acceptors (Lipinski definition) is 1. The molecule has 0 aromatic heterocycles. The van der Waals surface area contributed by atoms with Crippen LogP contribution in [0.3, 0.4) is 0 Å². The second-order valence-corrected chi connectivity index (χ2v) is 8.52. The van der Waals surface area contributed by atoms with Crippen LogP contribution in [0.25, 0.3) is 0 Å². The van der Waals surface area contributed by atoms with Gasteiger partial charge in [0.05, 0.1) is 0 Å². The molecule has 0 heterocycles. The van der Waals surface area contributed by atoms with Crippen LogP contribution in [0.4, 0.5) is 0 Å². The van der Waals surface area contributed by atoms with E-state index in [2.05, 4.69) is 27.4 Å². The fourth-order valence-corrected chi connectivity index (χ4v) is 5.46. The molecule has 0 saturated heterocycles. The number of fused-ring (bicyclic) bond motifs is 1.